The number of amides is 1. The zero-order valence-corrected chi connectivity index (χ0v) is 15.3. The maximum Gasteiger partial charge on any atom is 0.338 e. The molecule has 0 radical (unpaired) electrons. The smallest absolute Gasteiger partial charge is 0.338 e. The number of hydrogen-bond donors (Lipinski definition) is 2. The Hall–Kier alpha value is -3.88. The number of benzene rings is 2. The molecule has 1 aromatic heterocycles. The van der Waals surface area contributed by atoms with Gasteiger partial charge in [-0.3, -0.25) is 4.79 Å². The third-order valence-electron chi connectivity index (χ3n) is 3.74. The second kappa shape index (κ2) is 8.87. The lowest BCUT2D eigenvalue weighted by molar-refractivity contribution is 0.0526. The van der Waals surface area contributed by atoms with Crippen molar-refractivity contribution >= 4 is 29.1 Å². The van der Waals surface area contributed by atoms with Gasteiger partial charge in [0.2, 0.25) is 0 Å². The van der Waals surface area contributed by atoms with Crippen LogP contribution in [0.5, 0.6) is 0 Å². The molecule has 148 valence electrons. The topological polar surface area (TPSA) is 93.2 Å². The van der Waals surface area contributed by atoms with Crippen LogP contribution in [0.4, 0.5) is 26.0 Å². The molecule has 1 heterocycles. The number of aromatic nitrogens is 2. The van der Waals surface area contributed by atoms with E-state index < -0.39 is 23.5 Å². The van der Waals surface area contributed by atoms with Crippen LogP contribution in [0.1, 0.15) is 27.8 Å². The van der Waals surface area contributed by atoms with E-state index in [0.29, 0.717) is 11.3 Å². The van der Waals surface area contributed by atoms with Crippen molar-refractivity contribution < 1.29 is 23.1 Å². The predicted molar refractivity (Wildman–Crippen MR) is 102 cm³/mol. The lowest BCUT2D eigenvalue weighted by atomic mass is 10.2. The Labute approximate surface area is 164 Å². The van der Waals surface area contributed by atoms with Crippen LogP contribution in [-0.2, 0) is 4.74 Å². The summed E-state index contributed by atoms with van der Waals surface area (Å²) in [5.41, 5.74) is 1.18. The first kappa shape index (κ1) is 19.9. The highest BCUT2D eigenvalue weighted by Gasteiger charge is 2.11. The molecule has 7 nitrogen and oxygen atoms in total. The normalized spacial score (nSPS) is 10.3. The standard InChI is InChI=1S/C20H16F2N4O3/c1-2-29-20(28)12-3-5-13(6-4-12)24-19(27)17-9-10-18(26-25-17)23-14-7-8-15(21)16(22)11-14/h3-11H,2H2,1H3,(H,23,26)(H,24,27). The second-order valence-corrected chi connectivity index (χ2v) is 5.81. The van der Waals surface area contributed by atoms with Crippen LogP contribution in [0.2, 0.25) is 0 Å². The number of halogens is 2. The van der Waals surface area contributed by atoms with Crippen LogP contribution >= 0.6 is 0 Å². The van der Waals surface area contributed by atoms with E-state index >= 15 is 0 Å². The molecule has 0 aliphatic heterocycles. The van der Waals surface area contributed by atoms with Crippen molar-refractivity contribution in [1.82, 2.24) is 10.2 Å². The Bertz CT molecular complexity index is 1020. The minimum atomic E-state index is -0.993. The van der Waals surface area contributed by atoms with E-state index in [4.69, 9.17) is 4.74 Å². The summed E-state index contributed by atoms with van der Waals surface area (Å²) in [6, 6.07) is 12.4. The molecule has 3 rings (SSSR count). The summed E-state index contributed by atoms with van der Waals surface area (Å²) >= 11 is 0. The minimum Gasteiger partial charge on any atom is -0.462 e. The highest BCUT2D eigenvalue weighted by Crippen LogP contribution is 2.17. The molecule has 0 bridgehead atoms. The Balaban J connectivity index is 1.62. The summed E-state index contributed by atoms with van der Waals surface area (Å²) in [5, 5.41) is 13.1. The number of hydrogen-bond acceptors (Lipinski definition) is 6. The van der Waals surface area contributed by atoms with E-state index in [-0.39, 0.29) is 23.8 Å². The van der Waals surface area contributed by atoms with E-state index in [0.717, 1.165) is 12.1 Å². The van der Waals surface area contributed by atoms with Gasteiger partial charge in [0.1, 0.15) is 0 Å². The molecular formula is C20H16F2N4O3. The highest BCUT2D eigenvalue weighted by atomic mass is 19.2. The number of ether oxygens (including phenoxy) is 1. The van der Waals surface area contributed by atoms with Crippen molar-refractivity contribution in [1.29, 1.82) is 0 Å². The van der Waals surface area contributed by atoms with Gasteiger partial charge in [0.05, 0.1) is 12.2 Å². The maximum atomic E-state index is 13.2. The first-order chi connectivity index (χ1) is 14.0. The lowest BCUT2D eigenvalue weighted by Gasteiger charge is -2.07. The van der Waals surface area contributed by atoms with Crippen LogP contribution in [0.3, 0.4) is 0 Å². The molecule has 0 saturated carbocycles. The Morgan fingerprint density at radius 3 is 2.28 bits per heavy atom. The zero-order chi connectivity index (χ0) is 20.8. The van der Waals surface area contributed by atoms with Crippen LogP contribution in [0, 0.1) is 11.6 Å². The average Bonchev–Trinajstić information content (AvgIpc) is 2.72. The lowest BCUT2D eigenvalue weighted by Crippen LogP contribution is -2.14. The van der Waals surface area contributed by atoms with E-state index in [9.17, 15) is 18.4 Å². The first-order valence-corrected chi connectivity index (χ1v) is 8.60. The molecule has 29 heavy (non-hydrogen) atoms. The van der Waals surface area contributed by atoms with Gasteiger partial charge in [-0.1, -0.05) is 0 Å². The fourth-order valence-electron chi connectivity index (χ4n) is 2.34. The quantitative estimate of drug-likeness (QED) is 0.611. The van der Waals surface area contributed by atoms with E-state index in [1.165, 1.54) is 30.3 Å². The van der Waals surface area contributed by atoms with Gasteiger partial charge in [-0.25, -0.2) is 13.6 Å². The van der Waals surface area contributed by atoms with E-state index in [1.807, 2.05) is 0 Å². The van der Waals surface area contributed by atoms with Gasteiger partial charge in [-0.2, -0.15) is 0 Å². The molecular weight excluding hydrogens is 382 g/mol. The number of nitrogens with zero attached hydrogens (tertiary/aromatic N) is 2. The number of nitrogens with one attached hydrogen (secondary N) is 2. The first-order valence-electron chi connectivity index (χ1n) is 8.60. The van der Waals surface area contributed by atoms with Gasteiger partial charge in [-0.05, 0) is 55.5 Å². The molecule has 2 N–H and O–H groups in total. The zero-order valence-electron chi connectivity index (χ0n) is 15.3. The van der Waals surface area contributed by atoms with E-state index in [2.05, 4.69) is 20.8 Å². The van der Waals surface area contributed by atoms with Crippen molar-refractivity contribution in [2.45, 2.75) is 6.92 Å². The number of esters is 1. The van der Waals surface area contributed by atoms with Gasteiger partial charge in [0.25, 0.3) is 5.91 Å². The van der Waals surface area contributed by atoms with Gasteiger partial charge >= 0.3 is 5.97 Å². The van der Waals surface area contributed by atoms with Crippen molar-refractivity contribution in [3.8, 4) is 0 Å². The fourth-order valence-corrected chi connectivity index (χ4v) is 2.34. The molecule has 0 unspecified atom stereocenters. The SMILES string of the molecule is CCOC(=O)c1ccc(NC(=O)c2ccc(Nc3ccc(F)c(F)c3)nn2)cc1. The fraction of sp³-hybridized carbons (Fsp3) is 0.100. The summed E-state index contributed by atoms with van der Waals surface area (Å²) in [5.74, 6) is -2.63. The number of rotatable bonds is 6. The highest BCUT2D eigenvalue weighted by molar-refractivity contribution is 6.03. The largest absolute Gasteiger partial charge is 0.462 e. The molecule has 0 aliphatic carbocycles. The van der Waals surface area contributed by atoms with Crippen LogP contribution < -0.4 is 10.6 Å². The van der Waals surface area contributed by atoms with Gasteiger partial charge in [-0.15, -0.1) is 10.2 Å². The van der Waals surface area contributed by atoms with Gasteiger partial charge < -0.3 is 15.4 Å². The number of anilines is 3. The van der Waals surface area contributed by atoms with E-state index in [1.54, 1.807) is 19.1 Å². The summed E-state index contributed by atoms with van der Waals surface area (Å²) < 4.78 is 31.1. The molecule has 1 amide bonds. The molecule has 0 atom stereocenters. The Morgan fingerprint density at radius 2 is 1.66 bits per heavy atom. The third kappa shape index (κ3) is 5.10. The molecule has 0 saturated heterocycles. The number of carbonyl (C=O) groups excluding carboxylic acids is 2. The monoisotopic (exact) mass is 398 g/mol. The molecule has 9 heteroatoms. The van der Waals surface area contributed by atoms with Crippen LogP contribution in [0.25, 0.3) is 0 Å². The molecule has 0 aliphatic rings. The summed E-state index contributed by atoms with van der Waals surface area (Å²) in [4.78, 5) is 23.9. The summed E-state index contributed by atoms with van der Waals surface area (Å²) in [6.07, 6.45) is 0. The van der Waals surface area contributed by atoms with Crippen molar-refractivity contribution in [2.24, 2.45) is 0 Å². The van der Waals surface area contributed by atoms with Crippen molar-refractivity contribution in [3.05, 3.63) is 77.5 Å². The molecule has 0 fully saturated rings. The van der Waals surface area contributed by atoms with Gasteiger partial charge in [0, 0.05) is 17.4 Å². The Morgan fingerprint density at radius 1 is 0.931 bits per heavy atom. The summed E-state index contributed by atoms with van der Waals surface area (Å²) in [6.45, 7) is 1.99. The second-order valence-electron chi connectivity index (χ2n) is 5.81. The maximum absolute atomic E-state index is 13.2. The average molecular weight is 398 g/mol. The molecule has 0 spiro atoms. The molecule has 3 aromatic rings. The number of carbonyl (C=O) groups is 2. The minimum absolute atomic E-state index is 0.0512. The van der Waals surface area contributed by atoms with Gasteiger partial charge in [0.15, 0.2) is 23.1 Å². The van der Waals surface area contributed by atoms with Crippen LogP contribution in [0.15, 0.2) is 54.6 Å². The predicted octanol–water partition coefficient (Wildman–Crippen LogP) is 3.93. The Kier molecular flexibility index (Phi) is 6.08. The third-order valence-corrected chi connectivity index (χ3v) is 3.74. The van der Waals surface area contributed by atoms with Crippen LogP contribution in [-0.4, -0.2) is 28.7 Å². The van der Waals surface area contributed by atoms with Crippen molar-refractivity contribution in [2.75, 3.05) is 17.2 Å². The van der Waals surface area contributed by atoms with Crippen molar-refractivity contribution in [3.63, 3.8) is 0 Å². The summed E-state index contributed by atoms with van der Waals surface area (Å²) in [7, 11) is 0. The molecule has 2 aromatic carbocycles.